The van der Waals surface area contributed by atoms with Gasteiger partial charge in [-0.15, -0.1) is 0 Å². The second kappa shape index (κ2) is 4.25. The number of amides is 1. The normalized spacial score (nSPS) is 10.2. The van der Waals surface area contributed by atoms with Gasteiger partial charge in [0, 0.05) is 6.20 Å². The van der Waals surface area contributed by atoms with Crippen LogP contribution >= 0.6 is 0 Å². The summed E-state index contributed by atoms with van der Waals surface area (Å²) in [6.45, 7) is 3.64. The van der Waals surface area contributed by atoms with E-state index in [4.69, 9.17) is 5.73 Å². The summed E-state index contributed by atoms with van der Waals surface area (Å²) in [6.07, 6.45) is 1.53. The van der Waals surface area contributed by atoms with Gasteiger partial charge in [-0.1, -0.05) is 0 Å². The highest BCUT2D eigenvalue weighted by molar-refractivity contribution is 6.06. The van der Waals surface area contributed by atoms with Gasteiger partial charge in [-0.2, -0.15) is 5.10 Å². The summed E-state index contributed by atoms with van der Waals surface area (Å²) in [4.78, 5) is 15.9. The molecule has 0 saturated carbocycles. The second-order valence-corrected chi connectivity index (χ2v) is 3.70. The van der Waals surface area contributed by atoms with Gasteiger partial charge in [0.15, 0.2) is 5.69 Å². The predicted molar refractivity (Wildman–Crippen MR) is 64.7 cm³/mol. The number of carbonyl (C=O) groups excluding carboxylic acids is 1. The lowest BCUT2D eigenvalue weighted by molar-refractivity contribution is 0.102. The maximum Gasteiger partial charge on any atom is 0.276 e. The Morgan fingerprint density at radius 3 is 2.82 bits per heavy atom. The van der Waals surface area contributed by atoms with Crippen molar-refractivity contribution in [2.75, 3.05) is 11.1 Å². The van der Waals surface area contributed by atoms with Gasteiger partial charge in [-0.05, 0) is 26.0 Å². The Kier molecular flexibility index (Phi) is 2.78. The Morgan fingerprint density at radius 2 is 2.24 bits per heavy atom. The van der Waals surface area contributed by atoms with E-state index in [1.165, 1.54) is 6.20 Å². The third-order valence-corrected chi connectivity index (χ3v) is 2.42. The smallest absolute Gasteiger partial charge is 0.276 e. The minimum atomic E-state index is -0.337. The zero-order valence-electron chi connectivity index (χ0n) is 9.61. The van der Waals surface area contributed by atoms with Crippen LogP contribution in [0.4, 0.5) is 11.4 Å². The van der Waals surface area contributed by atoms with Gasteiger partial charge in [0.1, 0.15) is 0 Å². The van der Waals surface area contributed by atoms with Gasteiger partial charge in [0.2, 0.25) is 0 Å². The first-order valence-corrected chi connectivity index (χ1v) is 5.13. The van der Waals surface area contributed by atoms with Gasteiger partial charge in [0.25, 0.3) is 5.91 Å². The Balaban J connectivity index is 2.27. The Bertz CT molecular complexity index is 541. The minimum Gasteiger partial charge on any atom is -0.397 e. The molecular formula is C11H13N5O. The highest BCUT2D eigenvalue weighted by atomic mass is 16.1. The molecule has 0 saturated heterocycles. The van der Waals surface area contributed by atoms with Crippen molar-refractivity contribution in [1.29, 1.82) is 0 Å². The molecule has 0 aliphatic carbocycles. The van der Waals surface area contributed by atoms with Crippen molar-refractivity contribution in [1.82, 2.24) is 15.2 Å². The number of pyridine rings is 1. The first kappa shape index (κ1) is 11.1. The molecule has 1 amide bonds. The van der Waals surface area contributed by atoms with Gasteiger partial charge < -0.3 is 11.1 Å². The van der Waals surface area contributed by atoms with Gasteiger partial charge in [0.05, 0.1) is 22.8 Å². The summed E-state index contributed by atoms with van der Waals surface area (Å²) in [5.41, 5.74) is 8.44. The third-order valence-electron chi connectivity index (χ3n) is 2.42. The van der Waals surface area contributed by atoms with E-state index in [0.717, 1.165) is 11.4 Å². The molecule has 17 heavy (non-hydrogen) atoms. The quantitative estimate of drug-likeness (QED) is 0.724. The summed E-state index contributed by atoms with van der Waals surface area (Å²) in [7, 11) is 0. The molecule has 0 spiro atoms. The molecule has 0 aliphatic rings. The second-order valence-electron chi connectivity index (χ2n) is 3.70. The zero-order chi connectivity index (χ0) is 12.4. The van der Waals surface area contributed by atoms with Crippen LogP contribution in [0, 0.1) is 13.8 Å². The fourth-order valence-electron chi connectivity index (χ4n) is 1.52. The molecule has 0 bridgehead atoms. The molecule has 2 rings (SSSR count). The average molecular weight is 231 g/mol. The number of aryl methyl sites for hydroxylation is 2. The number of H-pyrrole nitrogens is 1. The van der Waals surface area contributed by atoms with Crippen molar-refractivity contribution in [3.63, 3.8) is 0 Å². The van der Waals surface area contributed by atoms with Crippen LogP contribution in [0.5, 0.6) is 0 Å². The standard InChI is InChI=1S/C11H13N5O/c1-6-9(7(2)16-15-6)14-11(17)10-8(12)4-3-5-13-10/h3-5H,12H2,1-2H3,(H,14,17)(H,15,16). The molecule has 0 fully saturated rings. The molecule has 2 aromatic heterocycles. The van der Waals surface area contributed by atoms with E-state index in [1.807, 2.05) is 6.92 Å². The SMILES string of the molecule is Cc1n[nH]c(C)c1NC(=O)c1ncccc1N. The van der Waals surface area contributed by atoms with Crippen molar-refractivity contribution >= 4 is 17.3 Å². The van der Waals surface area contributed by atoms with Crippen LogP contribution in [0.25, 0.3) is 0 Å². The van der Waals surface area contributed by atoms with Crippen LogP contribution in [0.3, 0.4) is 0 Å². The summed E-state index contributed by atoms with van der Waals surface area (Å²) >= 11 is 0. The van der Waals surface area contributed by atoms with Crippen molar-refractivity contribution in [3.8, 4) is 0 Å². The predicted octanol–water partition coefficient (Wildman–Crippen LogP) is 1.26. The van der Waals surface area contributed by atoms with Crippen LogP contribution in [-0.2, 0) is 0 Å². The maximum absolute atomic E-state index is 11.9. The van der Waals surface area contributed by atoms with Crippen molar-refractivity contribution in [2.24, 2.45) is 0 Å². The summed E-state index contributed by atoms with van der Waals surface area (Å²) < 4.78 is 0. The third kappa shape index (κ3) is 2.10. The van der Waals surface area contributed by atoms with E-state index in [1.54, 1.807) is 19.1 Å². The van der Waals surface area contributed by atoms with Gasteiger partial charge >= 0.3 is 0 Å². The Morgan fingerprint density at radius 1 is 1.47 bits per heavy atom. The van der Waals surface area contributed by atoms with Crippen molar-refractivity contribution < 1.29 is 4.79 Å². The number of anilines is 2. The molecule has 0 unspecified atom stereocenters. The van der Waals surface area contributed by atoms with E-state index in [0.29, 0.717) is 11.4 Å². The lowest BCUT2D eigenvalue weighted by Crippen LogP contribution is -2.16. The van der Waals surface area contributed by atoms with Crippen molar-refractivity contribution in [3.05, 3.63) is 35.4 Å². The molecule has 0 atom stereocenters. The summed E-state index contributed by atoms with van der Waals surface area (Å²) in [5, 5.41) is 9.53. The largest absolute Gasteiger partial charge is 0.397 e. The Hall–Kier alpha value is -2.37. The highest BCUT2D eigenvalue weighted by Gasteiger charge is 2.14. The molecular weight excluding hydrogens is 218 g/mol. The van der Waals surface area contributed by atoms with Crippen LogP contribution in [0.15, 0.2) is 18.3 Å². The lowest BCUT2D eigenvalue weighted by Gasteiger charge is -2.06. The van der Waals surface area contributed by atoms with E-state index in [-0.39, 0.29) is 11.6 Å². The molecule has 0 radical (unpaired) electrons. The number of aromatic amines is 1. The number of carbonyl (C=O) groups is 1. The lowest BCUT2D eigenvalue weighted by atomic mass is 10.2. The zero-order valence-corrected chi connectivity index (χ0v) is 9.61. The van der Waals surface area contributed by atoms with E-state index < -0.39 is 0 Å². The van der Waals surface area contributed by atoms with Crippen molar-refractivity contribution in [2.45, 2.75) is 13.8 Å². The topological polar surface area (TPSA) is 96.7 Å². The highest BCUT2D eigenvalue weighted by Crippen LogP contribution is 2.18. The van der Waals surface area contributed by atoms with Gasteiger partial charge in [-0.3, -0.25) is 9.89 Å². The molecule has 0 aliphatic heterocycles. The Labute approximate surface area is 98.3 Å². The number of nitrogens with zero attached hydrogens (tertiary/aromatic N) is 2. The molecule has 88 valence electrons. The molecule has 6 nitrogen and oxygen atoms in total. The van der Waals surface area contributed by atoms with Crippen LogP contribution < -0.4 is 11.1 Å². The monoisotopic (exact) mass is 231 g/mol. The number of aromatic nitrogens is 3. The molecule has 4 N–H and O–H groups in total. The first-order valence-electron chi connectivity index (χ1n) is 5.13. The maximum atomic E-state index is 11.9. The fourth-order valence-corrected chi connectivity index (χ4v) is 1.52. The number of nitrogens with two attached hydrogens (primary N) is 1. The van der Waals surface area contributed by atoms with Crippen LogP contribution in [0.2, 0.25) is 0 Å². The number of nitrogen functional groups attached to an aromatic ring is 1. The fraction of sp³-hybridized carbons (Fsp3) is 0.182. The summed E-state index contributed by atoms with van der Waals surface area (Å²) in [5.74, 6) is -0.337. The molecule has 2 aromatic rings. The molecule has 6 heteroatoms. The first-order chi connectivity index (χ1) is 8.09. The minimum absolute atomic E-state index is 0.215. The number of nitrogens with one attached hydrogen (secondary N) is 2. The van der Waals surface area contributed by atoms with Crippen LogP contribution in [-0.4, -0.2) is 21.1 Å². The number of hydrogen-bond donors (Lipinski definition) is 3. The number of rotatable bonds is 2. The number of hydrogen-bond acceptors (Lipinski definition) is 4. The molecule has 0 aromatic carbocycles. The molecule has 2 heterocycles. The average Bonchev–Trinajstić information content (AvgIpc) is 2.61. The summed E-state index contributed by atoms with van der Waals surface area (Å²) in [6, 6.07) is 3.32. The van der Waals surface area contributed by atoms with Crippen LogP contribution in [0.1, 0.15) is 21.9 Å². The van der Waals surface area contributed by atoms with E-state index >= 15 is 0 Å². The van der Waals surface area contributed by atoms with Gasteiger partial charge in [-0.25, -0.2) is 4.98 Å². The van der Waals surface area contributed by atoms with E-state index in [2.05, 4.69) is 20.5 Å². The van der Waals surface area contributed by atoms with E-state index in [9.17, 15) is 4.79 Å².